The maximum atomic E-state index is 6.57. The molecule has 0 aliphatic heterocycles. The van der Waals surface area contributed by atoms with E-state index in [0.29, 0.717) is 0 Å². The number of fused-ring (bicyclic) bond motifs is 9. The molecule has 11 aromatic rings. The van der Waals surface area contributed by atoms with Gasteiger partial charge in [0.05, 0.1) is 0 Å². The van der Waals surface area contributed by atoms with Crippen molar-refractivity contribution in [1.29, 1.82) is 0 Å². The highest BCUT2D eigenvalue weighted by Gasteiger charge is 2.18. The normalized spacial score (nSPS) is 11.8. The van der Waals surface area contributed by atoms with Gasteiger partial charge in [-0.15, -0.1) is 11.3 Å². The molecule has 2 heterocycles. The van der Waals surface area contributed by atoms with Crippen LogP contribution in [0.3, 0.4) is 0 Å². The third-order valence-corrected chi connectivity index (χ3v) is 11.8. The fraction of sp³-hybridized carbons (Fsp3) is 0. The molecular weight excluding hydrogens is 663 g/mol. The molecule has 0 saturated carbocycles. The minimum absolute atomic E-state index is 0.899. The van der Waals surface area contributed by atoms with E-state index in [9.17, 15) is 0 Å². The Morgan fingerprint density at radius 1 is 0.377 bits per heavy atom. The van der Waals surface area contributed by atoms with Gasteiger partial charge < -0.3 is 9.32 Å². The lowest BCUT2D eigenvalue weighted by Gasteiger charge is -2.26. The number of rotatable bonds is 5. The average Bonchev–Trinajstić information content (AvgIpc) is 3.80. The van der Waals surface area contributed by atoms with Crippen molar-refractivity contribution in [1.82, 2.24) is 0 Å². The number of thiophene rings is 1. The third-order valence-electron chi connectivity index (χ3n) is 10.6. The molecule has 53 heavy (non-hydrogen) atoms. The average molecular weight is 694 g/mol. The molecule has 0 amide bonds. The summed E-state index contributed by atoms with van der Waals surface area (Å²) in [5.41, 5.74) is 9.86. The highest BCUT2D eigenvalue weighted by molar-refractivity contribution is 7.25. The van der Waals surface area contributed by atoms with Gasteiger partial charge in [-0.1, -0.05) is 127 Å². The number of anilines is 3. The second kappa shape index (κ2) is 11.9. The first kappa shape index (κ1) is 30.0. The van der Waals surface area contributed by atoms with E-state index in [0.717, 1.165) is 55.5 Å². The minimum Gasteiger partial charge on any atom is -0.455 e. The van der Waals surface area contributed by atoms with Crippen LogP contribution in [0.5, 0.6) is 0 Å². The first-order chi connectivity index (χ1) is 26.2. The molecule has 9 aromatic carbocycles. The van der Waals surface area contributed by atoms with Crippen LogP contribution in [-0.2, 0) is 0 Å². The van der Waals surface area contributed by atoms with Crippen molar-refractivity contribution < 1.29 is 4.42 Å². The maximum Gasteiger partial charge on any atom is 0.143 e. The van der Waals surface area contributed by atoms with Crippen molar-refractivity contribution in [3.05, 3.63) is 188 Å². The summed E-state index contributed by atoms with van der Waals surface area (Å²) in [6, 6.07) is 68.1. The second-order valence-electron chi connectivity index (χ2n) is 13.7. The number of nitrogens with zero attached hydrogens (tertiary/aromatic N) is 1. The Labute approximate surface area is 310 Å². The van der Waals surface area contributed by atoms with E-state index < -0.39 is 0 Å². The fourth-order valence-corrected chi connectivity index (χ4v) is 9.22. The monoisotopic (exact) mass is 693 g/mol. The Bertz CT molecular complexity index is 3190. The van der Waals surface area contributed by atoms with Crippen LogP contribution in [0.4, 0.5) is 17.1 Å². The lowest BCUT2D eigenvalue weighted by Crippen LogP contribution is -2.10. The Morgan fingerprint density at radius 2 is 1.06 bits per heavy atom. The standard InChI is InChI=1S/C50H31NOS/c1-2-11-35-29-36(20-19-32(35)9-1)33-21-24-38(25-22-33)51(40-26-28-44-43-15-5-6-18-47(43)53-48(44)31-40)39-13-7-12-37(30-39)41-16-8-17-46-49(41)45-27-23-34-10-3-4-14-42(34)50(45)52-46/h1-31H. The van der Waals surface area contributed by atoms with Gasteiger partial charge in [-0.25, -0.2) is 0 Å². The summed E-state index contributed by atoms with van der Waals surface area (Å²) in [4.78, 5) is 2.39. The van der Waals surface area contributed by atoms with Crippen molar-refractivity contribution in [2.24, 2.45) is 0 Å². The number of benzene rings is 9. The summed E-state index contributed by atoms with van der Waals surface area (Å²) in [7, 11) is 0. The number of furan rings is 1. The lowest BCUT2D eigenvalue weighted by atomic mass is 9.97. The van der Waals surface area contributed by atoms with Crippen LogP contribution in [0.25, 0.3) is 85.9 Å². The molecule has 0 fully saturated rings. The molecular formula is C50H31NOS. The summed E-state index contributed by atoms with van der Waals surface area (Å²) < 4.78 is 9.16. The predicted octanol–water partition coefficient (Wildman–Crippen LogP) is 15.1. The zero-order chi connectivity index (χ0) is 34.9. The van der Waals surface area contributed by atoms with E-state index in [4.69, 9.17) is 4.42 Å². The summed E-state index contributed by atoms with van der Waals surface area (Å²) in [5.74, 6) is 0. The molecule has 0 saturated heterocycles. The second-order valence-corrected chi connectivity index (χ2v) is 14.8. The van der Waals surface area contributed by atoms with Gasteiger partial charge in [-0.2, -0.15) is 0 Å². The molecule has 3 heteroatoms. The van der Waals surface area contributed by atoms with Crippen LogP contribution in [0, 0.1) is 0 Å². The maximum absolute atomic E-state index is 6.57. The molecule has 0 bridgehead atoms. The zero-order valence-electron chi connectivity index (χ0n) is 28.7. The smallest absolute Gasteiger partial charge is 0.143 e. The van der Waals surface area contributed by atoms with Crippen LogP contribution >= 0.6 is 11.3 Å². The largest absolute Gasteiger partial charge is 0.455 e. The van der Waals surface area contributed by atoms with Gasteiger partial charge in [0, 0.05) is 53.4 Å². The van der Waals surface area contributed by atoms with Gasteiger partial charge in [0.15, 0.2) is 0 Å². The van der Waals surface area contributed by atoms with Crippen molar-refractivity contribution in [3.8, 4) is 22.3 Å². The quantitative estimate of drug-likeness (QED) is 0.178. The summed E-state index contributed by atoms with van der Waals surface area (Å²) in [6.07, 6.45) is 0. The molecule has 0 aliphatic rings. The Kier molecular flexibility index (Phi) is 6.76. The fourth-order valence-electron chi connectivity index (χ4n) is 8.08. The van der Waals surface area contributed by atoms with E-state index in [1.54, 1.807) is 0 Å². The minimum atomic E-state index is 0.899. The summed E-state index contributed by atoms with van der Waals surface area (Å²) in [5, 5.41) is 9.69. The highest BCUT2D eigenvalue weighted by atomic mass is 32.1. The van der Waals surface area contributed by atoms with Gasteiger partial charge in [0.25, 0.3) is 0 Å². The van der Waals surface area contributed by atoms with Crippen molar-refractivity contribution in [2.75, 3.05) is 4.90 Å². The molecule has 248 valence electrons. The highest BCUT2D eigenvalue weighted by Crippen LogP contribution is 2.44. The van der Waals surface area contributed by atoms with E-state index >= 15 is 0 Å². The Hall–Kier alpha value is -6.68. The van der Waals surface area contributed by atoms with E-state index in [-0.39, 0.29) is 0 Å². The van der Waals surface area contributed by atoms with Gasteiger partial charge >= 0.3 is 0 Å². The molecule has 11 rings (SSSR count). The predicted molar refractivity (Wildman–Crippen MR) is 227 cm³/mol. The first-order valence-electron chi connectivity index (χ1n) is 18.0. The van der Waals surface area contributed by atoms with Crippen LogP contribution in [0.1, 0.15) is 0 Å². The third kappa shape index (κ3) is 4.93. The van der Waals surface area contributed by atoms with Gasteiger partial charge in [0.2, 0.25) is 0 Å². The van der Waals surface area contributed by atoms with E-state index in [1.807, 2.05) is 11.3 Å². The summed E-state index contributed by atoms with van der Waals surface area (Å²) >= 11 is 1.85. The SMILES string of the molecule is c1cc(-c2cccc3oc4c5ccccc5ccc4c23)cc(N(c2ccc(-c3ccc4ccccc4c3)cc2)c2ccc3c(c2)sc2ccccc23)c1. The lowest BCUT2D eigenvalue weighted by molar-refractivity contribution is 0.673. The molecule has 2 aromatic heterocycles. The van der Waals surface area contributed by atoms with Crippen molar-refractivity contribution in [2.45, 2.75) is 0 Å². The first-order valence-corrected chi connectivity index (χ1v) is 18.8. The van der Waals surface area contributed by atoms with E-state index in [1.165, 1.54) is 47.5 Å². The molecule has 0 aliphatic carbocycles. The number of hydrogen-bond acceptors (Lipinski definition) is 3. The Balaban J connectivity index is 1.07. The molecule has 0 atom stereocenters. The molecule has 0 unspecified atom stereocenters. The van der Waals surface area contributed by atoms with E-state index in [2.05, 4.69) is 193 Å². The van der Waals surface area contributed by atoms with Crippen LogP contribution < -0.4 is 4.90 Å². The number of hydrogen-bond donors (Lipinski definition) is 0. The van der Waals surface area contributed by atoms with Crippen molar-refractivity contribution >= 4 is 92.1 Å². The van der Waals surface area contributed by atoms with Gasteiger partial charge in [0.1, 0.15) is 11.2 Å². The Morgan fingerprint density at radius 3 is 1.96 bits per heavy atom. The van der Waals surface area contributed by atoms with Gasteiger partial charge in [-0.3, -0.25) is 0 Å². The topological polar surface area (TPSA) is 16.4 Å². The zero-order valence-corrected chi connectivity index (χ0v) is 29.5. The van der Waals surface area contributed by atoms with Crippen molar-refractivity contribution in [3.63, 3.8) is 0 Å². The molecule has 0 N–H and O–H groups in total. The van der Waals surface area contributed by atoms with Gasteiger partial charge in [-0.05, 0) is 99.1 Å². The summed E-state index contributed by atoms with van der Waals surface area (Å²) in [6.45, 7) is 0. The van der Waals surface area contributed by atoms with Crippen LogP contribution in [0.15, 0.2) is 192 Å². The van der Waals surface area contributed by atoms with Crippen LogP contribution in [0.2, 0.25) is 0 Å². The molecule has 2 nitrogen and oxygen atoms in total. The van der Waals surface area contributed by atoms with Crippen LogP contribution in [-0.4, -0.2) is 0 Å². The molecule has 0 radical (unpaired) electrons. The molecule has 0 spiro atoms.